The van der Waals surface area contributed by atoms with Crippen LogP contribution in [0.3, 0.4) is 0 Å². The van der Waals surface area contributed by atoms with Gasteiger partial charge < -0.3 is 10.1 Å². The highest BCUT2D eigenvalue weighted by molar-refractivity contribution is 5.82. The number of H-pyrrole nitrogens is 1. The second kappa shape index (κ2) is 6.73. The fraction of sp³-hybridized carbons (Fsp3) is 0.222. The van der Waals surface area contributed by atoms with E-state index in [0.717, 1.165) is 17.6 Å². The molecule has 0 saturated carbocycles. The third-order valence-corrected chi connectivity index (χ3v) is 3.80. The molecule has 1 aromatic heterocycles. The zero-order valence-corrected chi connectivity index (χ0v) is 12.3. The van der Waals surface area contributed by atoms with Gasteiger partial charge in [-0.3, -0.25) is 4.90 Å². The maximum atomic E-state index is 13.0. The van der Waals surface area contributed by atoms with Crippen molar-refractivity contribution in [2.75, 3.05) is 13.2 Å². The molecule has 0 unspecified atom stereocenters. The minimum absolute atomic E-state index is 0.0991. The van der Waals surface area contributed by atoms with E-state index in [0.29, 0.717) is 13.1 Å². The standard InChI is InChI=1S/C18H19FN2O/c19-17-6-4-14(5-7-17)12-21(10-11-22)13-16-3-1-2-15-8-9-20-18(15)16/h1-9,20,22H,10-13H2. The molecule has 0 fully saturated rings. The van der Waals surface area contributed by atoms with Crippen LogP contribution in [0.2, 0.25) is 0 Å². The van der Waals surface area contributed by atoms with Gasteiger partial charge in [-0.25, -0.2) is 4.39 Å². The molecule has 0 saturated heterocycles. The molecule has 0 aliphatic carbocycles. The highest BCUT2D eigenvalue weighted by Gasteiger charge is 2.09. The zero-order chi connectivity index (χ0) is 15.4. The molecule has 3 nitrogen and oxygen atoms in total. The Morgan fingerprint density at radius 2 is 1.82 bits per heavy atom. The van der Waals surface area contributed by atoms with Crippen LogP contribution in [0.1, 0.15) is 11.1 Å². The fourth-order valence-corrected chi connectivity index (χ4v) is 2.73. The molecule has 1 heterocycles. The van der Waals surface area contributed by atoms with Crippen molar-refractivity contribution in [3.63, 3.8) is 0 Å². The number of benzene rings is 2. The first-order valence-electron chi connectivity index (χ1n) is 7.39. The largest absolute Gasteiger partial charge is 0.395 e. The number of halogens is 1. The molecule has 4 heteroatoms. The Labute approximate surface area is 129 Å². The quantitative estimate of drug-likeness (QED) is 0.733. The molecule has 0 spiro atoms. The first-order valence-corrected chi connectivity index (χ1v) is 7.39. The highest BCUT2D eigenvalue weighted by atomic mass is 19.1. The van der Waals surface area contributed by atoms with Gasteiger partial charge in [0.1, 0.15) is 5.82 Å². The molecule has 0 aliphatic rings. The SMILES string of the molecule is OCCN(Cc1ccc(F)cc1)Cc1cccc2cc[nH]c12. The van der Waals surface area contributed by atoms with Gasteiger partial charge in [0.25, 0.3) is 0 Å². The van der Waals surface area contributed by atoms with Crippen LogP contribution >= 0.6 is 0 Å². The third-order valence-electron chi connectivity index (χ3n) is 3.80. The summed E-state index contributed by atoms with van der Waals surface area (Å²) in [6, 6.07) is 14.8. The summed E-state index contributed by atoms with van der Waals surface area (Å²) in [6.45, 7) is 2.09. The molecule has 2 N–H and O–H groups in total. The lowest BCUT2D eigenvalue weighted by Crippen LogP contribution is -2.26. The molecule has 0 atom stereocenters. The summed E-state index contributed by atoms with van der Waals surface area (Å²) in [7, 11) is 0. The van der Waals surface area contributed by atoms with Crippen molar-refractivity contribution in [2.45, 2.75) is 13.1 Å². The summed E-state index contributed by atoms with van der Waals surface area (Å²) < 4.78 is 13.0. The first kappa shape index (κ1) is 14.8. The first-order chi connectivity index (χ1) is 10.8. The van der Waals surface area contributed by atoms with Crippen molar-refractivity contribution in [1.29, 1.82) is 0 Å². The second-order valence-corrected chi connectivity index (χ2v) is 5.42. The number of rotatable bonds is 6. The van der Waals surface area contributed by atoms with Crippen molar-refractivity contribution < 1.29 is 9.50 Å². The summed E-state index contributed by atoms with van der Waals surface area (Å²) in [5, 5.41) is 10.5. The van der Waals surface area contributed by atoms with Crippen molar-refractivity contribution >= 4 is 10.9 Å². The van der Waals surface area contributed by atoms with Gasteiger partial charge in [0, 0.05) is 31.3 Å². The van der Waals surface area contributed by atoms with E-state index in [1.165, 1.54) is 23.1 Å². The average Bonchev–Trinajstić information content (AvgIpc) is 2.99. The van der Waals surface area contributed by atoms with E-state index in [1.54, 1.807) is 12.1 Å². The Morgan fingerprint density at radius 1 is 1.00 bits per heavy atom. The number of nitrogens with zero attached hydrogens (tertiary/aromatic N) is 1. The van der Waals surface area contributed by atoms with Gasteiger partial charge in [0.15, 0.2) is 0 Å². The number of aliphatic hydroxyl groups is 1. The Hall–Kier alpha value is -2.17. The van der Waals surface area contributed by atoms with Crippen molar-refractivity contribution in [1.82, 2.24) is 9.88 Å². The number of aliphatic hydroxyl groups excluding tert-OH is 1. The number of aromatic nitrogens is 1. The Kier molecular flexibility index (Phi) is 4.51. The van der Waals surface area contributed by atoms with E-state index < -0.39 is 0 Å². The van der Waals surface area contributed by atoms with Crippen LogP contribution in [0.25, 0.3) is 10.9 Å². The van der Waals surface area contributed by atoms with E-state index in [9.17, 15) is 9.50 Å². The summed E-state index contributed by atoms with van der Waals surface area (Å²) in [4.78, 5) is 5.42. The molecule has 0 bridgehead atoms. The molecule has 0 radical (unpaired) electrons. The molecule has 3 rings (SSSR count). The summed E-state index contributed by atoms with van der Waals surface area (Å²) in [5.74, 6) is -0.228. The maximum absolute atomic E-state index is 13.0. The Bertz CT molecular complexity index is 736. The average molecular weight is 298 g/mol. The molecule has 3 aromatic rings. The number of para-hydroxylation sites is 1. The van der Waals surface area contributed by atoms with Crippen molar-refractivity contribution in [3.05, 3.63) is 71.7 Å². The second-order valence-electron chi connectivity index (χ2n) is 5.42. The van der Waals surface area contributed by atoms with Crippen molar-refractivity contribution in [2.24, 2.45) is 0 Å². The van der Waals surface area contributed by atoms with Gasteiger partial charge in [0.2, 0.25) is 0 Å². The van der Waals surface area contributed by atoms with Crippen LogP contribution in [0.4, 0.5) is 4.39 Å². The predicted molar refractivity (Wildman–Crippen MR) is 85.9 cm³/mol. The number of aromatic amines is 1. The number of nitrogens with one attached hydrogen (secondary N) is 1. The van der Waals surface area contributed by atoms with Gasteiger partial charge >= 0.3 is 0 Å². The van der Waals surface area contributed by atoms with Crippen LogP contribution in [0.5, 0.6) is 0 Å². The molecule has 114 valence electrons. The topological polar surface area (TPSA) is 39.3 Å². The Morgan fingerprint density at radius 3 is 2.59 bits per heavy atom. The molecular formula is C18H19FN2O. The lowest BCUT2D eigenvalue weighted by atomic mass is 10.1. The van der Waals surface area contributed by atoms with Crippen LogP contribution < -0.4 is 0 Å². The van der Waals surface area contributed by atoms with Gasteiger partial charge in [-0.1, -0.05) is 30.3 Å². The lowest BCUT2D eigenvalue weighted by molar-refractivity contribution is 0.184. The summed E-state index contributed by atoms with van der Waals surface area (Å²) in [5.41, 5.74) is 3.36. The molecule has 0 aliphatic heterocycles. The lowest BCUT2D eigenvalue weighted by Gasteiger charge is -2.22. The molecule has 0 amide bonds. The molecule has 2 aromatic carbocycles. The minimum atomic E-state index is -0.228. The molecule has 22 heavy (non-hydrogen) atoms. The smallest absolute Gasteiger partial charge is 0.123 e. The minimum Gasteiger partial charge on any atom is -0.395 e. The third kappa shape index (κ3) is 3.35. The van der Waals surface area contributed by atoms with Crippen LogP contribution in [0.15, 0.2) is 54.7 Å². The molecular weight excluding hydrogens is 279 g/mol. The summed E-state index contributed by atoms with van der Waals surface area (Å²) in [6.07, 6.45) is 1.94. The number of hydrogen-bond acceptors (Lipinski definition) is 2. The predicted octanol–water partition coefficient (Wildman–Crippen LogP) is 3.30. The Balaban J connectivity index is 1.79. The van der Waals surface area contributed by atoms with E-state index >= 15 is 0 Å². The van der Waals surface area contributed by atoms with E-state index in [4.69, 9.17) is 0 Å². The van der Waals surface area contributed by atoms with Crippen LogP contribution in [-0.2, 0) is 13.1 Å². The van der Waals surface area contributed by atoms with E-state index in [-0.39, 0.29) is 12.4 Å². The fourth-order valence-electron chi connectivity index (χ4n) is 2.73. The monoisotopic (exact) mass is 298 g/mol. The van der Waals surface area contributed by atoms with E-state index in [2.05, 4.69) is 28.1 Å². The van der Waals surface area contributed by atoms with E-state index in [1.807, 2.05) is 12.3 Å². The maximum Gasteiger partial charge on any atom is 0.123 e. The van der Waals surface area contributed by atoms with Gasteiger partial charge in [-0.05, 0) is 34.7 Å². The number of hydrogen-bond donors (Lipinski definition) is 2. The number of fused-ring (bicyclic) bond motifs is 1. The van der Waals surface area contributed by atoms with Gasteiger partial charge in [-0.15, -0.1) is 0 Å². The highest BCUT2D eigenvalue weighted by Crippen LogP contribution is 2.19. The van der Waals surface area contributed by atoms with Gasteiger partial charge in [0.05, 0.1) is 6.61 Å². The van der Waals surface area contributed by atoms with Crippen LogP contribution in [0, 0.1) is 5.82 Å². The summed E-state index contributed by atoms with van der Waals surface area (Å²) >= 11 is 0. The van der Waals surface area contributed by atoms with Crippen molar-refractivity contribution in [3.8, 4) is 0 Å². The normalized spacial score (nSPS) is 11.4. The zero-order valence-electron chi connectivity index (χ0n) is 12.3. The van der Waals surface area contributed by atoms with Crippen LogP contribution in [-0.4, -0.2) is 28.1 Å². The van der Waals surface area contributed by atoms with Gasteiger partial charge in [-0.2, -0.15) is 0 Å².